The topological polar surface area (TPSA) is 68.2 Å². The molecule has 120 valence electrons. The maximum atomic E-state index is 11.7. The maximum absolute atomic E-state index is 11.7. The van der Waals surface area contributed by atoms with Gasteiger partial charge < -0.3 is 15.4 Å². The highest BCUT2D eigenvalue weighted by atomic mass is 35.5. The van der Waals surface area contributed by atoms with Crippen molar-refractivity contribution in [3.05, 3.63) is 48.3 Å². The van der Waals surface area contributed by atoms with E-state index in [9.17, 15) is 4.79 Å². The molecule has 0 saturated heterocycles. The number of carbonyl (C=O) groups excluding carboxylic acids is 1. The number of nitrogens with one attached hydrogen (secondary N) is 2. The van der Waals surface area contributed by atoms with Gasteiger partial charge in [-0.15, -0.1) is 12.4 Å². The number of hydrogen-bond donors (Lipinski definition) is 2. The zero-order valence-electron chi connectivity index (χ0n) is 12.5. The van der Waals surface area contributed by atoms with Crippen LogP contribution in [-0.4, -0.2) is 42.5 Å². The van der Waals surface area contributed by atoms with Crippen LogP contribution in [-0.2, 0) is 16.1 Å². The Morgan fingerprint density at radius 1 is 1.32 bits per heavy atom. The van der Waals surface area contributed by atoms with Crippen molar-refractivity contribution in [2.24, 2.45) is 0 Å². The van der Waals surface area contributed by atoms with Gasteiger partial charge in [0, 0.05) is 32.6 Å². The molecule has 0 aliphatic heterocycles. The molecule has 0 saturated carbocycles. The summed E-state index contributed by atoms with van der Waals surface area (Å²) in [7, 11) is 1.63. The summed E-state index contributed by atoms with van der Waals surface area (Å²) in [5, 5.41) is 10.1. The molecule has 0 aliphatic carbocycles. The Labute approximate surface area is 136 Å². The van der Waals surface area contributed by atoms with E-state index in [2.05, 4.69) is 15.7 Å². The third-order valence-electron chi connectivity index (χ3n) is 2.99. The first-order valence-electron chi connectivity index (χ1n) is 6.85. The first-order valence-corrected chi connectivity index (χ1v) is 6.85. The summed E-state index contributed by atoms with van der Waals surface area (Å²) in [4.78, 5) is 11.7. The van der Waals surface area contributed by atoms with Crippen molar-refractivity contribution >= 4 is 18.3 Å². The van der Waals surface area contributed by atoms with Gasteiger partial charge in [-0.05, 0) is 17.7 Å². The minimum Gasteiger partial charge on any atom is -0.383 e. The Balaban J connectivity index is 0.00000242. The highest BCUT2D eigenvalue weighted by molar-refractivity contribution is 5.85. The smallest absolute Gasteiger partial charge is 0.234 e. The molecule has 1 aromatic carbocycles. The molecule has 0 radical (unpaired) electrons. The average molecular weight is 325 g/mol. The number of rotatable bonds is 8. The summed E-state index contributed by atoms with van der Waals surface area (Å²) in [6, 6.07) is 9.73. The fraction of sp³-hybridized carbons (Fsp3) is 0.333. The van der Waals surface area contributed by atoms with E-state index >= 15 is 0 Å². The number of methoxy groups -OCH3 is 1. The number of ether oxygens (including phenoxy) is 1. The largest absolute Gasteiger partial charge is 0.383 e. The Morgan fingerprint density at radius 2 is 2.14 bits per heavy atom. The second-order valence-corrected chi connectivity index (χ2v) is 4.53. The van der Waals surface area contributed by atoms with Crippen LogP contribution in [0, 0.1) is 0 Å². The van der Waals surface area contributed by atoms with Crippen LogP contribution in [0.5, 0.6) is 0 Å². The van der Waals surface area contributed by atoms with E-state index in [0.717, 1.165) is 11.3 Å². The minimum atomic E-state index is -0.0404. The molecule has 2 N–H and O–H groups in total. The third kappa shape index (κ3) is 5.48. The van der Waals surface area contributed by atoms with Crippen LogP contribution in [0.2, 0.25) is 0 Å². The number of nitrogens with zero attached hydrogens (tertiary/aromatic N) is 2. The Bertz CT molecular complexity index is 560. The van der Waals surface area contributed by atoms with E-state index in [0.29, 0.717) is 19.7 Å². The number of amides is 1. The van der Waals surface area contributed by atoms with Crippen molar-refractivity contribution in [2.45, 2.75) is 6.54 Å². The summed E-state index contributed by atoms with van der Waals surface area (Å²) < 4.78 is 6.70. The first-order chi connectivity index (χ1) is 10.3. The molecular formula is C15H21ClN4O2. The third-order valence-corrected chi connectivity index (χ3v) is 2.99. The molecule has 22 heavy (non-hydrogen) atoms. The Kier molecular flexibility index (Phi) is 8.21. The number of aromatic nitrogens is 2. The zero-order valence-corrected chi connectivity index (χ0v) is 13.3. The molecule has 2 rings (SSSR count). The molecule has 2 aromatic rings. The molecule has 0 fully saturated rings. The predicted molar refractivity (Wildman–Crippen MR) is 87.4 cm³/mol. The molecule has 1 amide bonds. The van der Waals surface area contributed by atoms with Gasteiger partial charge in [0.05, 0.1) is 18.8 Å². The van der Waals surface area contributed by atoms with E-state index in [1.54, 1.807) is 18.0 Å². The molecule has 7 heteroatoms. The van der Waals surface area contributed by atoms with Gasteiger partial charge in [0.1, 0.15) is 0 Å². The lowest BCUT2D eigenvalue weighted by Gasteiger charge is -2.11. The van der Waals surface area contributed by atoms with Crippen LogP contribution < -0.4 is 10.6 Å². The van der Waals surface area contributed by atoms with Gasteiger partial charge in [-0.2, -0.15) is 5.10 Å². The standard InChI is InChI=1S/C15H20N4O2.ClH/c1-21-10-8-16-12-15(20)17-11-13-5-2-3-6-14(13)19-9-4-7-18-19;/h2-7,9,16H,8,10-12H2,1H3,(H,17,20);1H. The number of carbonyl (C=O) groups is 1. The van der Waals surface area contributed by atoms with Gasteiger partial charge >= 0.3 is 0 Å². The van der Waals surface area contributed by atoms with Crippen LogP contribution >= 0.6 is 12.4 Å². The zero-order chi connectivity index (χ0) is 14.9. The average Bonchev–Trinajstić information content (AvgIpc) is 3.04. The molecule has 0 unspecified atom stereocenters. The minimum absolute atomic E-state index is 0. The Hall–Kier alpha value is -1.89. The van der Waals surface area contributed by atoms with Crippen molar-refractivity contribution in [1.82, 2.24) is 20.4 Å². The van der Waals surface area contributed by atoms with Crippen LogP contribution in [0.3, 0.4) is 0 Å². The van der Waals surface area contributed by atoms with Crippen LogP contribution in [0.4, 0.5) is 0 Å². The fourth-order valence-electron chi connectivity index (χ4n) is 1.93. The van der Waals surface area contributed by atoms with Crippen LogP contribution in [0.15, 0.2) is 42.7 Å². The maximum Gasteiger partial charge on any atom is 0.234 e. The number of halogens is 1. The number of hydrogen-bond acceptors (Lipinski definition) is 4. The molecule has 0 bridgehead atoms. The summed E-state index contributed by atoms with van der Waals surface area (Å²) in [6.45, 7) is 2.01. The summed E-state index contributed by atoms with van der Waals surface area (Å²) >= 11 is 0. The fourth-order valence-corrected chi connectivity index (χ4v) is 1.93. The van der Waals surface area contributed by atoms with E-state index < -0.39 is 0 Å². The molecule has 0 spiro atoms. The quantitative estimate of drug-likeness (QED) is 0.715. The van der Waals surface area contributed by atoms with Crippen molar-refractivity contribution < 1.29 is 9.53 Å². The van der Waals surface area contributed by atoms with Gasteiger partial charge in [-0.25, -0.2) is 4.68 Å². The molecular weight excluding hydrogens is 304 g/mol. The van der Waals surface area contributed by atoms with Gasteiger partial charge in [0.25, 0.3) is 0 Å². The van der Waals surface area contributed by atoms with E-state index in [4.69, 9.17) is 4.74 Å². The highest BCUT2D eigenvalue weighted by Crippen LogP contribution is 2.12. The number of benzene rings is 1. The second-order valence-electron chi connectivity index (χ2n) is 4.53. The number of para-hydroxylation sites is 1. The lowest BCUT2D eigenvalue weighted by atomic mass is 10.2. The van der Waals surface area contributed by atoms with Crippen molar-refractivity contribution in [2.75, 3.05) is 26.8 Å². The van der Waals surface area contributed by atoms with Gasteiger partial charge in [0.2, 0.25) is 5.91 Å². The molecule has 1 heterocycles. The first kappa shape index (κ1) is 18.2. The highest BCUT2D eigenvalue weighted by Gasteiger charge is 2.06. The van der Waals surface area contributed by atoms with Crippen molar-refractivity contribution in [3.63, 3.8) is 0 Å². The lowest BCUT2D eigenvalue weighted by molar-refractivity contribution is -0.120. The SMILES string of the molecule is COCCNCC(=O)NCc1ccccc1-n1cccn1.Cl. The van der Waals surface area contributed by atoms with Gasteiger partial charge in [-0.1, -0.05) is 18.2 Å². The van der Waals surface area contributed by atoms with Gasteiger partial charge in [0.15, 0.2) is 0 Å². The Morgan fingerprint density at radius 3 is 2.86 bits per heavy atom. The van der Waals surface area contributed by atoms with E-state index in [1.807, 2.05) is 36.5 Å². The summed E-state index contributed by atoms with van der Waals surface area (Å²) in [6.07, 6.45) is 3.61. The van der Waals surface area contributed by atoms with Crippen molar-refractivity contribution in [1.29, 1.82) is 0 Å². The summed E-state index contributed by atoms with van der Waals surface area (Å²) in [5.41, 5.74) is 1.99. The van der Waals surface area contributed by atoms with Crippen molar-refractivity contribution in [3.8, 4) is 5.69 Å². The monoisotopic (exact) mass is 324 g/mol. The molecule has 1 aromatic heterocycles. The van der Waals surface area contributed by atoms with E-state index in [-0.39, 0.29) is 24.9 Å². The van der Waals surface area contributed by atoms with Crippen LogP contribution in [0.1, 0.15) is 5.56 Å². The normalized spacial score (nSPS) is 10.0. The molecule has 0 atom stereocenters. The molecule has 0 aliphatic rings. The second kappa shape index (κ2) is 9.94. The van der Waals surface area contributed by atoms with Gasteiger partial charge in [-0.3, -0.25) is 4.79 Å². The molecule has 6 nitrogen and oxygen atoms in total. The summed E-state index contributed by atoms with van der Waals surface area (Å²) in [5.74, 6) is -0.0404. The predicted octanol–water partition coefficient (Wildman–Crippen LogP) is 1.15. The van der Waals surface area contributed by atoms with E-state index in [1.165, 1.54) is 0 Å². The van der Waals surface area contributed by atoms with Crippen LogP contribution in [0.25, 0.3) is 5.69 Å². The lowest BCUT2D eigenvalue weighted by Crippen LogP contribution is -2.35.